The smallest absolute Gasteiger partial charge is 0.261 e. The van der Waals surface area contributed by atoms with Crippen molar-refractivity contribution in [2.75, 3.05) is 46.4 Å². The molecule has 0 atom stereocenters. The summed E-state index contributed by atoms with van der Waals surface area (Å²) in [6, 6.07) is 8.48. The average Bonchev–Trinajstić information content (AvgIpc) is 3.53. The third-order valence-corrected chi connectivity index (χ3v) is 7.98. The molecule has 2 aliphatic rings. The van der Waals surface area contributed by atoms with Crippen LogP contribution in [0.1, 0.15) is 25.0 Å². The maximum Gasteiger partial charge on any atom is 0.261 e. The highest BCUT2D eigenvalue weighted by Gasteiger charge is 2.39. The molecule has 2 fully saturated rings. The number of carbonyl (C=O) groups excluding carboxylic acids is 1. The largest absolute Gasteiger partial charge is 0.493 e. The molecule has 222 valence electrons. The van der Waals surface area contributed by atoms with Crippen molar-refractivity contribution in [3.05, 3.63) is 48.2 Å². The number of carbonyl (C=O) groups is 1. The minimum atomic E-state index is -2.70. The first kappa shape index (κ1) is 28.1. The fourth-order valence-corrected chi connectivity index (χ4v) is 5.65. The summed E-state index contributed by atoms with van der Waals surface area (Å²) in [5, 5.41) is 0.970. The van der Waals surface area contributed by atoms with E-state index in [0.29, 0.717) is 53.0 Å². The van der Waals surface area contributed by atoms with Gasteiger partial charge in [-0.25, -0.2) is 23.1 Å². The van der Waals surface area contributed by atoms with E-state index in [2.05, 4.69) is 15.0 Å². The van der Waals surface area contributed by atoms with E-state index >= 15 is 4.39 Å². The Morgan fingerprint density at radius 2 is 1.88 bits per heavy atom. The highest BCUT2D eigenvalue weighted by molar-refractivity contribution is 5.87. The van der Waals surface area contributed by atoms with E-state index < -0.39 is 11.7 Å². The van der Waals surface area contributed by atoms with Gasteiger partial charge in [0.15, 0.2) is 23.1 Å². The summed E-state index contributed by atoms with van der Waals surface area (Å²) in [7, 11) is 1.53. The SMILES string of the molecule is COc1cc2c(Oc3ccc4[nH]c(C)cc4c3F)ncnc2cc1OCC1CCN(C(=O)CN2CCC(F)(F)C2)CC1. The van der Waals surface area contributed by atoms with Gasteiger partial charge in [-0.3, -0.25) is 9.69 Å². The summed E-state index contributed by atoms with van der Waals surface area (Å²) in [5.74, 6) is -1.90. The molecule has 9 nitrogen and oxygen atoms in total. The number of ether oxygens (including phenoxy) is 3. The number of likely N-dealkylation sites (tertiary alicyclic amines) is 2. The van der Waals surface area contributed by atoms with Gasteiger partial charge in [0, 0.05) is 48.7 Å². The van der Waals surface area contributed by atoms with Crippen molar-refractivity contribution in [3.8, 4) is 23.1 Å². The molecular weight excluding hydrogens is 551 g/mol. The number of piperidine rings is 1. The van der Waals surface area contributed by atoms with Crippen LogP contribution < -0.4 is 14.2 Å². The summed E-state index contributed by atoms with van der Waals surface area (Å²) < 4.78 is 59.7. The van der Waals surface area contributed by atoms with E-state index in [-0.39, 0.29) is 49.5 Å². The third kappa shape index (κ3) is 5.80. The predicted molar refractivity (Wildman–Crippen MR) is 150 cm³/mol. The third-order valence-electron chi connectivity index (χ3n) is 7.98. The van der Waals surface area contributed by atoms with E-state index in [9.17, 15) is 13.6 Å². The van der Waals surface area contributed by atoms with Crippen LogP contribution in [0.4, 0.5) is 13.2 Å². The first-order valence-electron chi connectivity index (χ1n) is 14.0. The highest BCUT2D eigenvalue weighted by Crippen LogP contribution is 2.38. The minimum absolute atomic E-state index is 0.0334. The standard InChI is InChI=1S/C30H32F3N5O4/c1-18-11-20-22(36-18)3-4-24(28(20)31)42-29-21-12-25(40-2)26(13-23(21)34-17-35-29)41-15-19-5-8-38(9-6-19)27(39)14-37-10-7-30(32,33)16-37/h3-4,11-13,17,19,36H,5-10,14-16H2,1-2H3. The predicted octanol–water partition coefficient (Wildman–Crippen LogP) is 5.32. The summed E-state index contributed by atoms with van der Waals surface area (Å²) in [6.45, 7) is 3.32. The molecule has 0 spiro atoms. The maximum atomic E-state index is 15.2. The van der Waals surface area contributed by atoms with E-state index in [1.807, 2.05) is 6.92 Å². The highest BCUT2D eigenvalue weighted by atomic mass is 19.3. The molecule has 2 aromatic heterocycles. The number of hydrogen-bond acceptors (Lipinski definition) is 7. The fourth-order valence-electron chi connectivity index (χ4n) is 5.65. The lowest BCUT2D eigenvalue weighted by Crippen LogP contribution is -2.44. The number of aromatic amines is 1. The molecule has 12 heteroatoms. The second-order valence-electron chi connectivity index (χ2n) is 11.0. The molecule has 2 saturated heterocycles. The van der Waals surface area contributed by atoms with Crippen LogP contribution in [0.2, 0.25) is 0 Å². The second kappa shape index (κ2) is 11.3. The average molecular weight is 584 g/mol. The van der Waals surface area contributed by atoms with Crippen molar-refractivity contribution in [1.29, 1.82) is 0 Å². The van der Waals surface area contributed by atoms with Gasteiger partial charge in [0.2, 0.25) is 11.8 Å². The number of amides is 1. The van der Waals surface area contributed by atoms with Gasteiger partial charge < -0.3 is 24.1 Å². The number of nitrogens with one attached hydrogen (secondary N) is 1. The molecule has 1 amide bonds. The van der Waals surface area contributed by atoms with Crippen molar-refractivity contribution in [3.63, 3.8) is 0 Å². The van der Waals surface area contributed by atoms with Crippen LogP contribution in [-0.4, -0.2) is 83.0 Å². The number of benzene rings is 2. The lowest BCUT2D eigenvalue weighted by molar-refractivity contribution is -0.134. The zero-order valence-electron chi connectivity index (χ0n) is 23.5. The molecular formula is C30H32F3N5O4. The van der Waals surface area contributed by atoms with Crippen molar-refractivity contribution in [2.24, 2.45) is 5.92 Å². The molecule has 1 N–H and O–H groups in total. The molecule has 0 bridgehead atoms. The first-order chi connectivity index (χ1) is 20.2. The Balaban J connectivity index is 1.10. The van der Waals surface area contributed by atoms with Crippen molar-refractivity contribution in [2.45, 2.75) is 32.1 Å². The van der Waals surface area contributed by atoms with E-state index in [1.165, 1.54) is 18.3 Å². The van der Waals surface area contributed by atoms with Crippen LogP contribution in [0, 0.1) is 18.7 Å². The molecule has 0 saturated carbocycles. The van der Waals surface area contributed by atoms with Gasteiger partial charge >= 0.3 is 0 Å². The van der Waals surface area contributed by atoms with E-state index in [4.69, 9.17) is 14.2 Å². The van der Waals surface area contributed by atoms with E-state index in [1.54, 1.807) is 35.2 Å². The Morgan fingerprint density at radius 3 is 2.62 bits per heavy atom. The molecule has 0 radical (unpaired) electrons. The van der Waals surface area contributed by atoms with Gasteiger partial charge in [-0.2, -0.15) is 0 Å². The summed E-state index contributed by atoms with van der Waals surface area (Å²) in [4.78, 5) is 27.6. The Labute approximate surface area is 240 Å². The summed E-state index contributed by atoms with van der Waals surface area (Å²) in [5.41, 5.74) is 2.07. The molecule has 4 aromatic rings. The molecule has 2 aromatic carbocycles. The zero-order chi connectivity index (χ0) is 29.4. The Kier molecular flexibility index (Phi) is 7.56. The van der Waals surface area contributed by atoms with Crippen molar-refractivity contribution < 1.29 is 32.2 Å². The number of fused-ring (bicyclic) bond motifs is 2. The van der Waals surface area contributed by atoms with Gasteiger partial charge in [0.25, 0.3) is 5.92 Å². The Hall–Kier alpha value is -4.06. The van der Waals surface area contributed by atoms with Crippen LogP contribution in [0.15, 0.2) is 36.7 Å². The number of methoxy groups -OCH3 is 1. The molecule has 42 heavy (non-hydrogen) atoms. The monoisotopic (exact) mass is 583 g/mol. The number of aryl methyl sites for hydroxylation is 1. The number of rotatable bonds is 8. The van der Waals surface area contributed by atoms with Crippen LogP contribution in [-0.2, 0) is 4.79 Å². The lowest BCUT2D eigenvalue weighted by atomic mass is 9.97. The van der Waals surface area contributed by atoms with Crippen molar-refractivity contribution in [1.82, 2.24) is 24.8 Å². The van der Waals surface area contributed by atoms with Crippen LogP contribution >= 0.6 is 0 Å². The molecule has 4 heterocycles. The number of aromatic nitrogens is 3. The second-order valence-corrected chi connectivity index (χ2v) is 11.0. The quantitative estimate of drug-likeness (QED) is 0.300. The van der Waals surface area contributed by atoms with Gasteiger partial charge in [0.05, 0.1) is 37.7 Å². The van der Waals surface area contributed by atoms with Crippen LogP contribution in [0.3, 0.4) is 0 Å². The Morgan fingerprint density at radius 1 is 1.07 bits per heavy atom. The number of H-pyrrole nitrogens is 1. The minimum Gasteiger partial charge on any atom is -0.493 e. The molecule has 6 rings (SSSR count). The molecule has 2 aliphatic heterocycles. The zero-order valence-corrected chi connectivity index (χ0v) is 23.5. The first-order valence-corrected chi connectivity index (χ1v) is 14.0. The van der Waals surface area contributed by atoms with Gasteiger partial charge in [-0.1, -0.05) is 0 Å². The topological polar surface area (TPSA) is 92.8 Å². The Bertz CT molecular complexity index is 1620. The fraction of sp³-hybridized carbons (Fsp3) is 0.433. The van der Waals surface area contributed by atoms with E-state index in [0.717, 1.165) is 18.5 Å². The summed E-state index contributed by atoms with van der Waals surface area (Å²) in [6.07, 6.45) is 2.64. The number of alkyl halides is 2. The number of nitrogens with zero attached hydrogens (tertiary/aromatic N) is 4. The summed E-state index contributed by atoms with van der Waals surface area (Å²) >= 11 is 0. The van der Waals surface area contributed by atoms with Crippen LogP contribution in [0.25, 0.3) is 21.8 Å². The maximum absolute atomic E-state index is 15.2. The van der Waals surface area contributed by atoms with Gasteiger partial charge in [0.1, 0.15) is 6.33 Å². The van der Waals surface area contributed by atoms with Gasteiger partial charge in [-0.15, -0.1) is 0 Å². The number of hydrogen-bond donors (Lipinski definition) is 1. The molecule has 0 aliphatic carbocycles. The lowest BCUT2D eigenvalue weighted by Gasteiger charge is -2.33. The van der Waals surface area contributed by atoms with Crippen LogP contribution in [0.5, 0.6) is 23.1 Å². The number of halogens is 3. The van der Waals surface area contributed by atoms with Gasteiger partial charge in [-0.05, 0) is 49.9 Å². The molecule has 0 unspecified atom stereocenters. The normalized spacial score (nSPS) is 17.7. The van der Waals surface area contributed by atoms with Crippen molar-refractivity contribution >= 4 is 27.7 Å².